The van der Waals surface area contributed by atoms with Gasteiger partial charge in [-0.3, -0.25) is 4.79 Å². The van der Waals surface area contributed by atoms with E-state index in [2.05, 4.69) is 4.85 Å². The van der Waals surface area contributed by atoms with Crippen LogP contribution in [0.3, 0.4) is 0 Å². The number of nitrogens with two attached hydrogens (primary N) is 1. The van der Waals surface area contributed by atoms with E-state index in [0.717, 1.165) is 18.4 Å². The molecule has 3 heteroatoms. The highest BCUT2D eigenvalue weighted by Crippen LogP contribution is 2.13. The quantitative estimate of drug-likeness (QED) is 0.586. The molecule has 0 aliphatic heterocycles. The van der Waals surface area contributed by atoms with E-state index in [1.165, 1.54) is 0 Å². The summed E-state index contributed by atoms with van der Waals surface area (Å²) in [5.41, 5.74) is 6.95. The molecule has 2 N–H and O–H groups in total. The maximum absolute atomic E-state index is 11.5. The number of hydrogen-bond acceptors (Lipinski definition) is 2. The first-order valence-corrected chi connectivity index (χ1v) is 5.44. The van der Waals surface area contributed by atoms with Crippen LogP contribution in [0, 0.1) is 6.57 Å². The van der Waals surface area contributed by atoms with Crippen molar-refractivity contribution in [2.45, 2.75) is 25.7 Å². The second kappa shape index (κ2) is 6.76. The Kier molecular flexibility index (Phi) is 5.24. The van der Waals surface area contributed by atoms with Gasteiger partial charge in [0.05, 0.1) is 6.57 Å². The van der Waals surface area contributed by atoms with Gasteiger partial charge < -0.3 is 5.73 Å². The Morgan fingerprint density at radius 3 is 2.50 bits per heavy atom. The lowest BCUT2D eigenvalue weighted by Crippen LogP contribution is -2.04. The Balaban J connectivity index is 2.41. The molecule has 1 aromatic rings. The third-order valence-electron chi connectivity index (χ3n) is 2.38. The van der Waals surface area contributed by atoms with E-state index in [9.17, 15) is 4.79 Å². The fourth-order valence-corrected chi connectivity index (χ4v) is 1.47. The van der Waals surface area contributed by atoms with E-state index < -0.39 is 0 Å². The first kappa shape index (κ1) is 12.4. The number of nitrogens with zero attached hydrogens (tertiary/aromatic N) is 1. The van der Waals surface area contributed by atoms with Gasteiger partial charge in [0.25, 0.3) is 0 Å². The van der Waals surface area contributed by atoms with Crippen LogP contribution in [0.15, 0.2) is 24.3 Å². The zero-order valence-corrected chi connectivity index (χ0v) is 9.28. The summed E-state index contributed by atoms with van der Waals surface area (Å²) in [6.45, 7) is 7.46. The van der Waals surface area contributed by atoms with Crippen molar-refractivity contribution in [2.24, 2.45) is 5.73 Å². The van der Waals surface area contributed by atoms with Crippen molar-refractivity contribution in [1.82, 2.24) is 0 Å². The highest BCUT2D eigenvalue weighted by molar-refractivity contribution is 5.80. The minimum absolute atomic E-state index is 0.240. The molecule has 0 aliphatic carbocycles. The normalized spacial score (nSPS) is 9.75. The third-order valence-corrected chi connectivity index (χ3v) is 2.38. The lowest BCUT2D eigenvalue weighted by molar-refractivity contribution is -0.118. The van der Waals surface area contributed by atoms with Crippen LogP contribution in [-0.4, -0.2) is 12.3 Å². The van der Waals surface area contributed by atoms with Crippen molar-refractivity contribution in [2.75, 3.05) is 6.54 Å². The van der Waals surface area contributed by atoms with Gasteiger partial charge in [0.1, 0.15) is 5.78 Å². The minimum atomic E-state index is 0.240. The smallest absolute Gasteiger partial charge is 0.187 e. The summed E-state index contributed by atoms with van der Waals surface area (Å²) >= 11 is 0. The van der Waals surface area contributed by atoms with E-state index >= 15 is 0 Å². The zero-order chi connectivity index (χ0) is 11.8. The number of carbonyl (C=O) groups excluding carboxylic acids is 1. The Hall–Kier alpha value is -1.66. The molecule has 0 atom stereocenters. The highest BCUT2D eigenvalue weighted by Gasteiger charge is 2.03. The third kappa shape index (κ3) is 4.24. The number of ketones is 1. The number of benzene rings is 1. The van der Waals surface area contributed by atoms with Crippen molar-refractivity contribution in [1.29, 1.82) is 0 Å². The Labute approximate surface area is 96.1 Å². The van der Waals surface area contributed by atoms with E-state index in [4.69, 9.17) is 12.3 Å². The Morgan fingerprint density at radius 2 is 1.94 bits per heavy atom. The number of Topliss-reactive ketones (excluding diaryl/α,β-unsaturated/α-hetero) is 1. The molecular formula is C13H16N2O. The van der Waals surface area contributed by atoms with Crippen LogP contribution in [0.4, 0.5) is 5.69 Å². The first-order chi connectivity index (χ1) is 7.76. The number of rotatable bonds is 6. The summed E-state index contributed by atoms with van der Waals surface area (Å²) in [5, 5.41) is 0. The van der Waals surface area contributed by atoms with Crippen molar-refractivity contribution in [3.8, 4) is 0 Å². The fraction of sp³-hybridized carbons (Fsp3) is 0.385. The molecule has 0 saturated carbocycles. The molecule has 0 radical (unpaired) electrons. The second-order valence-electron chi connectivity index (χ2n) is 3.74. The molecule has 3 nitrogen and oxygen atoms in total. The molecule has 0 saturated heterocycles. The van der Waals surface area contributed by atoms with Crippen molar-refractivity contribution < 1.29 is 4.79 Å². The summed E-state index contributed by atoms with van der Waals surface area (Å²) in [6, 6.07) is 7.17. The van der Waals surface area contributed by atoms with Gasteiger partial charge in [-0.15, -0.1) is 0 Å². The summed E-state index contributed by atoms with van der Waals surface area (Å²) in [7, 11) is 0. The Bertz CT molecular complexity index is 376. The number of hydrogen-bond donors (Lipinski definition) is 1. The predicted molar refractivity (Wildman–Crippen MR) is 64.3 cm³/mol. The van der Waals surface area contributed by atoms with Crippen LogP contribution in [0.5, 0.6) is 0 Å². The van der Waals surface area contributed by atoms with Crippen molar-refractivity contribution >= 4 is 11.5 Å². The number of unbranched alkanes of at least 4 members (excludes halogenated alkanes) is 1. The van der Waals surface area contributed by atoms with Crippen LogP contribution in [-0.2, 0) is 11.2 Å². The molecule has 0 aliphatic rings. The van der Waals surface area contributed by atoms with Gasteiger partial charge >= 0.3 is 0 Å². The summed E-state index contributed by atoms with van der Waals surface area (Å²) in [5.74, 6) is 0.240. The molecule has 1 aromatic carbocycles. The lowest BCUT2D eigenvalue weighted by Gasteiger charge is -2.01. The molecule has 0 bridgehead atoms. The van der Waals surface area contributed by atoms with Gasteiger partial charge in [-0.25, -0.2) is 4.85 Å². The van der Waals surface area contributed by atoms with Crippen molar-refractivity contribution in [3.05, 3.63) is 41.2 Å². The van der Waals surface area contributed by atoms with E-state index in [0.29, 0.717) is 25.1 Å². The molecule has 1 rings (SSSR count). The largest absolute Gasteiger partial charge is 0.330 e. The maximum atomic E-state index is 11.5. The standard InChI is InChI=1S/C13H16N2O/c1-15-12-7-5-11(6-8-12)10-13(16)4-2-3-9-14/h5-8H,2-4,9-10,14H2. The van der Waals surface area contributed by atoms with Gasteiger partial charge in [0, 0.05) is 12.8 Å². The van der Waals surface area contributed by atoms with Crippen LogP contribution < -0.4 is 5.73 Å². The average Bonchev–Trinajstić information content (AvgIpc) is 2.30. The van der Waals surface area contributed by atoms with Crippen molar-refractivity contribution in [3.63, 3.8) is 0 Å². The molecule has 0 aromatic heterocycles. The van der Waals surface area contributed by atoms with Gasteiger partial charge in [-0.05, 0) is 24.9 Å². The molecule has 0 amide bonds. The molecule has 84 valence electrons. The van der Waals surface area contributed by atoms with E-state index in [1.54, 1.807) is 12.1 Å². The number of carbonyl (C=O) groups is 1. The van der Waals surface area contributed by atoms with Crippen LogP contribution in [0.1, 0.15) is 24.8 Å². The van der Waals surface area contributed by atoms with Crippen LogP contribution >= 0.6 is 0 Å². The SMILES string of the molecule is [C-]#[N+]c1ccc(CC(=O)CCCCN)cc1. The van der Waals surface area contributed by atoms with Gasteiger partial charge in [-0.2, -0.15) is 0 Å². The first-order valence-electron chi connectivity index (χ1n) is 5.44. The van der Waals surface area contributed by atoms with Crippen LogP contribution in [0.25, 0.3) is 4.85 Å². The molecule has 0 fully saturated rings. The summed E-state index contributed by atoms with van der Waals surface area (Å²) in [4.78, 5) is 14.8. The molecule has 0 unspecified atom stereocenters. The van der Waals surface area contributed by atoms with E-state index in [-0.39, 0.29) is 5.78 Å². The minimum Gasteiger partial charge on any atom is -0.330 e. The maximum Gasteiger partial charge on any atom is 0.187 e. The highest BCUT2D eigenvalue weighted by atomic mass is 16.1. The molecular weight excluding hydrogens is 200 g/mol. The summed E-state index contributed by atoms with van der Waals surface area (Å²) in [6.07, 6.45) is 2.84. The lowest BCUT2D eigenvalue weighted by atomic mass is 10.0. The van der Waals surface area contributed by atoms with Gasteiger partial charge in [0.15, 0.2) is 5.69 Å². The molecule has 0 spiro atoms. The molecule has 0 heterocycles. The topological polar surface area (TPSA) is 47.5 Å². The zero-order valence-electron chi connectivity index (χ0n) is 9.28. The van der Waals surface area contributed by atoms with E-state index in [1.807, 2.05) is 12.1 Å². The Morgan fingerprint density at radius 1 is 1.25 bits per heavy atom. The fourth-order valence-electron chi connectivity index (χ4n) is 1.47. The predicted octanol–water partition coefficient (Wildman–Crippen LogP) is 2.48. The van der Waals surface area contributed by atoms with Gasteiger partial charge in [0.2, 0.25) is 0 Å². The summed E-state index contributed by atoms with van der Waals surface area (Å²) < 4.78 is 0. The second-order valence-corrected chi connectivity index (χ2v) is 3.74. The van der Waals surface area contributed by atoms with Gasteiger partial charge in [-0.1, -0.05) is 24.3 Å². The average molecular weight is 216 g/mol. The molecule has 16 heavy (non-hydrogen) atoms. The van der Waals surface area contributed by atoms with Crippen LogP contribution in [0.2, 0.25) is 0 Å². The monoisotopic (exact) mass is 216 g/mol.